The van der Waals surface area contributed by atoms with E-state index in [1.807, 2.05) is 0 Å². The zero-order valence-corrected chi connectivity index (χ0v) is 12.1. The van der Waals surface area contributed by atoms with Gasteiger partial charge in [-0.1, -0.05) is 18.2 Å². The van der Waals surface area contributed by atoms with Crippen LogP contribution in [0.3, 0.4) is 0 Å². The molecule has 0 amide bonds. The molecule has 1 aromatic heterocycles. The zero-order chi connectivity index (χ0) is 16.1. The Bertz CT molecular complexity index is 751. The monoisotopic (exact) mass is 302 g/mol. The molecule has 114 valence electrons. The van der Waals surface area contributed by atoms with Gasteiger partial charge in [0, 0.05) is 11.8 Å². The maximum absolute atomic E-state index is 13.0. The summed E-state index contributed by atoms with van der Waals surface area (Å²) in [5.74, 6) is -1.19. The summed E-state index contributed by atoms with van der Waals surface area (Å²) in [5, 5.41) is 3.97. The lowest BCUT2D eigenvalue weighted by molar-refractivity contribution is 0.0515. The number of allylic oxidation sites excluding steroid dienone is 1. The first-order valence-electron chi connectivity index (χ1n) is 6.72. The van der Waals surface area contributed by atoms with Gasteiger partial charge in [0.15, 0.2) is 0 Å². The number of rotatable bonds is 5. The predicted octanol–water partition coefficient (Wildman–Crippen LogP) is 2.41. The molecule has 0 atom stereocenters. The normalized spacial score (nSPS) is 10.3. The summed E-state index contributed by atoms with van der Waals surface area (Å²) in [7, 11) is 0. The first-order valence-corrected chi connectivity index (χ1v) is 6.72. The number of hydrogen-bond acceptors (Lipinski definition) is 4. The van der Waals surface area contributed by atoms with Gasteiger partial charge >= 0.3 is 5.97 Å². The summed E-state index contributed by atoms with van der Waals surface area (Å²) >= 11 is 0. The molecule has 0 saturated carbocycles. The molecule has 1 aromatic carbocycles. The van der Waals surface area contributed by atoms with Crippen LogP contribution in [0.5, 0.6) is 0 Å². The van der Waals surface area contributed by atoms with E-state index in [1.165, 1.54) is 35.1 Å². The lowest BCUT2D eigenvalue weighted by Crippen LogP contribution is -2.25. The van der Waals surface area contributed by atoms with Crippen molar-refractivity contribution < 1.29 is 13.9 Å². The van der Waals surface area contributed by atoms with E-state index in [0.29, 0.717) is 12.1 Å². The van der Waals surface area contributed by atoms with Crippen LogP contribution < -0.4 is 5.43 Å². The Morgan fingerprint density at radius 3 is 2.68 bits per heavy atom. The topological polar surface area (TPSA) is 61.2 Å². The minimum Gasteiger partial charge on any atom is -0.461 e. The fourth-order valence-corrected chi connectivity index (χ4v) is 1.93. The van der Waals surface area contributed by atoms with E-state index in [-0.39, 0.29) is 17.9 Å². The van der Waals surface area contributed by atoms with Crippen molar-refractivity contribution in [3.63, 3.8) is 0 Å². The number of halogens is 1. The van der Waals surface area contributed by atoms with Crippen LogP contribution in [0.15, 0.2) is 47.9 Å². The van der Waals surface area contributed by atoms with E-state index >= 15 is 0 Å². The molecular weight excluding hydrogens is 287 g/mol. The molecule has 0 bridgehead atoms. The van der Waals surface area contributed by atoms with Crippen LogP contribution in [0, 0.1) is 5.82 Å². The summed E-state index contributed by atoms with van der Waals surface area (Å²) in [6, 6.07) is 5.44. The highest BCUT2D eigenvalue weighted by Gasteiger charge is 2.18. The van der Waals surface area contributed by atoms with Gasteiger partial charge in [-0.25, -0.2) is 9.18 Å². The van der Waals surface area contributed by atoms with Gasteiger partial charge < -0.3 is 4.74 Å². The summed E-state index contributed by atoms with van der Waals surface area (Å²) in [6.07, 6.45) is 3.08. The van der Waals surface area contributed by atoms with E-state index in [4.69, 9.17) is 4.74 Å². The van der Waals surface area contributed by atoms with Gasteiger partial charge in [0.2, 0.25) is 11.1 Å². The molecule has 5 nitrogen and oxygen atoms in total. The Labute approximate surface area is 126 Å². The molecule has 22 heavy (non-hydrogen) atoms. The summed E-state index contributed by atoms with van der Waals surface area (Å²) in [6.45, 7) is 5.70. The Morgan fingerprint density at radius 2 is 2.09 bits per heavy atom. The Morgan fingerprint density at radius 1 is 1.41 bits per heavy atom. The van der Waals surface area contributed by atoms with Crippen molar-refractivity contribution in [3.8, 4) is 11.1 Å². The Hall–Kier alpha value is -2.76. The second-order valence-corrected chi connectivity index (χ2v) is 4.46. The molecule has 0 spiro atoms. The van der Waals surface area contributed by atoms with Crippen LogP contribution >= 0.6 is 0 Å². The largest absolute Gasteiger partial charge is 0.461 e. The van der Waals surface area contributed by atoms with Gasteiger partial charge in [0.25, 0.3) is 0 Å². The summed E-state index contributed by atoms with van der Waals surface area (Å²) in [5.41, 5.74) is -0.104. The molecule has 0 unspecified atom stereocenters. The number of aromatic nitrogens is 2. The van der Waals surface area contributed by atoms with Crippen molar-refractivity contribution in [1.29, 1.82) is 0 Å². The number of esters is 1. The van der Waals surface area contributed by atoms with Crippen LogP contribution in [-0.4, -0.2) is 22.4 Å². The van der Waals surface area contributed by atoms with Crippen molar-refractivity contribution in [3.05, 3.63) is 64.9 Å². The van der Waals surface area contributed by atoms with Crippen molar-refractivity contribution >= 4 is 5.97 Å². The highest BCUT2D eigenvalue weighted by Crippen LogP contribution is 2.16. The highest BCUT2D eigenvalue weighted by atomic mass is 19.1. The Balaban J connectivity index is 2.61. The molecule has 6 heteroatoms. The summed E-state index contributed by atoms with van der Waals surface area (Å²) in [4.78, 5) is 24.3. The minimum absolute atomic E-state index is 0.141. The molecule has 0 aliphatic heterocycles. The molecule has 0 saturated heterocycles. The third-order valence-corrected chi connectivity index (χ3v) is 2.91. The van der Waals surface area contributed by atoms with Crippen LogP contribution in [0.2, 0.25) is 0 Å². The zero-order valence-electron chi connectivity index (χ0n) is 12.1. The number of ether oxygens (including phenoxy) is 1. The molecule has 1 heterocycles. The van der Waals surface area contributed by atoms with Crippen LogP contribution in [0.25, 0.3) is 11.1 Å². The molecule has 0 fully saturated rings. The fraction of sp³-hybridized carbons (Fsp3) is 0.188. The van der Waals surface area contributed by atoms with Gasteiger partial charge in [-0.2, -0.15) is 5.10 Å². The van der Waals surface area contributed by atoms with Crippen molar-refractivity contribution in [2.24, 2.45) is 0 Å². The SMILES string of the molecule is C=CCn1cc(-c2ccc(F)cc2)c(=O)c(C(=O)OCC)n1. The maximum Gasteiger partial charge on any atom is 0.362 e. The minimum atomic E-state index is -0.783. The van der Waals surface area contributed by atoms with Crippen LogP contribution in [0.1, 0.15) is 17.4 Å². The molecule has 0 radical (unpaired) electrons. The molecule has 0 N–H and O–H groups in total. The van der Waals surface area contributed by atoms with Gasteiger partial charge in [-0.3, -0.25) is 9.48 Å². The van der Waals surface area contributed by atoms with E-state index < -0.39 is 17.2 Å². The molecule has 0 aliphatic rings. The molecular formula is C16H15FN2O3. The number of nitrogens with zero attached hydrogens (tertiary/aromatic N) is 2. The van der Waals surface area contributed by atoms with Crippen LogP contribution in [0.4, 0.5) is 4.39 Å². The Kier molecular flexibility index (Phi) is 4.83. The number of benzene rings is 1. The predicted molar refractivity (Wildman–Crippen MR) is 80.0 cm³/mol. The molecule has 2 rings (SSSR count). The third-order valence-electron chi connectivity index (χ3n) is 2.91. The standard InChI is InChI=1S/C16H15FN2O3/c1-3-9-19-10-13(11-5-7-12(17)8-6-11)15(20)14(18-19)16(21)22-4-2/h3,5-8,10H,1,4,9H2,2H3. The average Bonchev–Trinajstić information content (AvgIpc) is 2.50. The smallest absolute Gasteiger partial charge is 0.362 e. The van der Waals surface area contributed by atoms with Gasteiger partial charge in [0.1, 0.15) is 5.82 Å². The lowest BCUT2D eigenvalue weighted by Gasteiger charge is -2.09. The number of carbonyl (C=O) groups excluding carboxylic acids is 1. The van der Waals surface area contributed by atoms with E-state index in [0.717, 1.165) is 0 Å². The number of carbonyl (C=O) groups is 1. The second-order valence-electron chi connectivity index (χ2n) is 4.46. The summed E-state index contributed by atoms with van der Waals surface area (Å²) < 4.78 is 19.3. The first kappa shape index (κ1) is 15.6. The second kappa shape index (κ2) is 6.80. The van der Waals surface area contributed by atoms with Crippen molar-refractivity contribution in [2.45, 2.75) is 13.5 Å². The van der Waals surface area contributed by atoms with Gasteiger partial charge in [0.05, 0.1) is 13.2 Å². The average molecular weight is 302 g/mol. The quantitative estimate of drug-likeness (QED) is 0.628. The van der Waals surface area contributed by atoms with Gasteiger partial charge in [-0.15, -0.1) is 6.58 Å². The van der Waals surface area contributed by atoms with Gasteiger partial charge in [-0.05, 0) is 24.6 Å². The van der Waals surface area contributed by atoms with Crippen molar-refractivity contribution in [2.75, 3.05) is 6.61 Å². The van der Waals surface area contributed by atoms with E-state index in [2.05, 4.69) is 11.7 Å². The highest BCUT2D eigenvalue weighted by molar-refractivity contribution is 5.88. The third kappa shape index (κ3) is 3.28. The first-order chi connectivity index (χ1) is 10.6. The molecule has 0 aliphatic carbocycles. The lowest BCUT2D eigenvalue weighted by atomic mass is 10.1. The molecule has 2 aromatic rings. The van der Waals surface area contributed by atoms with Crippen molar-refractivity contribution in [1.82, 2.24) is 9.78 Å². The van der Waals surface area contributed by atoms with E-state index in [1.54, 1.807) is 13.0 Å². The number of hydrogen-bond donors (Lipinski definition) is 0. The van der Waals surface area contributed by atoms with Crippen LogP contribution in [-0.2, 0) is 11.3 Å². The van der Waals surface area contributed by atoms with E-state index in [9.17, 15) is 14.0 Å². The fourth-order valence-electron chi connectivity index (χ4n) is 1.93. The maximum atomic E-state index is 13.0.